The lowest BCUT2D eigenvalue weighted by atomic mass is 10.1. The summed E-state index contributed by atoms with van der Waals surface area (Å²) in [7, 11) is 0. The van der Waals surface area contributed by atoms with Gasteiger partial charge < -0.3 is 4.90 Å². The highest BCUT2D eigenvalue weighted by molar-refractivity contribution is 5.36. The van der Waals surface area contributed by atoms with E-state index in [1.54, 1.807) is 12.5 Å². The summed E-state index contributed by atoms with van der Waals surface area (Å²) < 4.78 is 0. The molecule has 63 valence electrons. The van der Waals surface area contributed by atoms with Gasteiger partial charge in [0.05, 0.1) is 0 Å². The van der Waals surface area contributed by atoms with Crippen LogP contribution in [0.5, 0.6) is 0 Å². The van der Waals surface area contributed by atoms with Crippen molar-refractivity contribution in [2.24, 2.45) is 0 Å². The zero-order valence-corrected chi connectivity index (χ0v) is 6.98. The molecule has 1 radical (unpaired) electrons. The monoisotopic (exact) mass is 162 g/mol. The second-order valence-corrected chi connectivity index (χ2v) is 2.92. The van der Waals surface area contributed by atoms with Crippen LogP contribution in [-0.2, 0) is 0 Å². The number of anilines is 1. The summed E-state index contributed by atoms with van der Waals surface area (Å²) in [6, 6.07) is 1.96. The van der Waals surface area contributed by atoms with E-state index in [2.05, 4.69) is 21.3 Å². The average molecular weight is 162 g/mol. The van der Waals surface area contributed by atoms with Crippen molar-refractivity contribution in [3.8, 4) is 0 Å². The van der Waals surface area contributed by atoms with Crippen molar-refractivity contribution in [1.29, 1.82) is 0 Å². The molecule has 0 bridgehead atoms. The summed E-state index contributed by atoms with van der Waals surface area (Å²) >= 11 is 0. The molecule has 1 aliphatic heterocycles. The molecule has 0 N–H and O–H groups in total. The van der Waals surface area contributed by atoms with Gasteiger partial charge in [-0.2, -0.15) is 0 Å². The summed E-state index contributed by atoms with van der Waals surface area (Å²) in [5.41, 5.74) is 0. The van der Waals surface area contributed by atoms with Gasteiger partial charge in [-0.3, -0.25) is 0 Å². The molecule has 2 rings (SSSR count). The van der Waals surface area contributed by atoms with Crippen molar-refractivity contribution in [2.45, 2.75) is 12.8 Å². The maximum absolute atomic E-state index is 4.20. The van der Waals surface area contributed by atoms with Gasteiger partial charge in [0.2, 0.25) is 0 Å². The molecule has 3 nitrogen and oxygen atoms in total. The van der Waals surface area contributed by atoms with Crippen LogP contribution < -0.4 is 4.90 Å². The van der Waals surface area contributed by atoms with E-state index in [1.165, 1.54) is 12.8 Å². The third kappa shape index (κ3) is 1.55. The predicted molar refractivity (Wildman–Crippen MR) is 47.8 cm³/mol. The zero-order valence-electron chi connectivity index (χ0n) is 6.98. The second-order valence-electron chi connectivity index (χ2n) is 2.92. The summed E-state index contributed by atoms with van der Waals surface area (Å²) in [5.74, 6) is 1.05. The number of piperidine rings is 1. The fourth-order valence-corrected chi connectivity index (χ4v) is 1.45. The van der Waals surface area contributed by atoms with Gasteiger partial charge in [0.25, 0.3) is 0 Å². The minimum absolute atomic E-state index is 1.05. The number of hydrogen-bond acceptors (Lipinski definition) is 3. The number of nitrogens with zero attached hydrogens (tertiary/aromatic N) is 3. The van der Waals surface area contributed by atoms with Crippen molar-refractivity contribution < 1.29 is 0 Å². The Labute approximate surface area is 72.4 Å². The largest absolute Gasteiger partial charge is 0.357 e. The SMILES string of the molecule is [CH]1CCN(c2ccncn2)CC1. The van der Waals surface area contributed by atoms with Crippen LogP contribution in [0.2, 0.25) is 0 Å². The highest BCUT2D eigenvalue weighted by Crippen LogP contribution is 2.14. The Morgan fingerprint density at radius 1 is 1.25 bits per heavy atom. The van der Waals surface area contributed by atoms with Crippen LogP contribution in [0.15, 0.2) is 18.6 Å². The lowest BCUT2D eigenvalue weighted by Crippen LogP contribution is -2.30. The molecule has 1 saturated heterocycles. The average Bonchev–Trinajstić information content (AvgIpc) is 2.21. The Bertz CT molecular complexity index is 229. The number of aromatic nitrogens is 2. The summed E-state index contributed by atoms with van der Waals surface area (Å²) in [6.45, 7) is 2.19. The van der Waals surface area contributed by atoms with E-state index < -0.39 is 0 Å². The quantitative estimate of drug-likeness (QED) is 0.623. The standard InChI is InChI=1S/C9H12N3/c1-2-6-12(7-3-1)9-4-5-10-8-11-9/h1,4-5,8H,2-3,6-7H2. The first-order chi connectivity index (χ1) is 5.97. The van der Waals surface area contributed by atoms with Crippen LogP contribution in [-0.4, -0.2) is 23.1 Å². The van der Waals surface area contributed by atoms with E-state index in [0.717, 1.165) is 18.9 Å². The van der Waals surface area contributed by atoms with Crippen LogP contribution in [0.1, 0.15) is 12.8 Å². The van der Waals surface area contributed by atoms with Crippen molar-refractivity contribution in [3.63, 3.8) is 0 Å². The Kier molecular flexibility index (Phi) is 2.21. The van der Waals surface area contributed by atoms with E-state index in [4.69, 9.17) is 0 Å². The van der Waals surface area contributed by atoms with Crippen LogP contribution in [0.25, 0.3) is 0 Å². The van der Waals surface area contributed by atoms with E-state index in [0.29, 0.717) is 0 Å². The molecular formula is C9H12N3. The van der Waals surface area contributed by atoms with Crippen LogP contribution in [0.3, 0.4) is 0 Å². The molecule has 2 heterocycles. The molecule has 0 aromatic carbocycles. The smallest absolute Gasteiger partial charge is 0.131 e. The van der Waals surface area contributed by atoms with E-state index >= 15 is 0 Å². The Hall–Kier alpha value is -1.12. The number of rotatable bonds is 1. The van der Waals surface area contributed by atoms with Crippen molar-refractivity contribution in [3.05, 3.63) is 25.0 Å². The third-order valence-corrected chi connectivity index (χ3v) is 2.10. The lowest BCUT2D eigenvalue weighted by molar-refractivity contribution is 0.670. The van der Waals surface area contributed by atoms with Crippen molar-refractivity contribution >= 4 is 5.82 Å². The van der Waals surface area contributed by atoms with Gasteiger partial charge >= 0.3 is 0 Å². The molecule has 0 atom stereocenters. The van der Waals surface area contributed by atoms with Gasteiger partial charge in [-0.25, -0.2) is 9.97 Å². The molecule has 0 unspecified atom stereocenters. The van der Waals surface area contributed by atoms with Gasteiger partial charge in [0.1, 0.15) is 12.1 Å². The fraction of sp³-hybridized carbons (Fsp3) is 0.444. The van der Waals surface area contributed by atoms with E-state index in [1.807, 2.05) is 6.07 Å². The van der Waals surface area contributed by atoms with Gasteiger partial charge in [0, 0.05) is 19.3 Å². The van der Waals surface area contributed by atoms with Gasteiger partial charge in [-0.1, -0.05) is 0 Å². The number of hydrogen-bond donors (Lipinski definition) is 0. The van der Waals surface area contributed by atoms with Gasteiger partial charge in [-0.15, -0.1) is 0 Å². The maximum atomic E-state index is 4.20. The summed E-state index contributed by atoms with van der Waals surface area (Å²) in [6.07, 6.45) is 8.07. The van der Waals surface area contributed by atoms with Crippen LogP contribution in [0, 0.1) is 6.42 Å². The Balaban J connectivity index is 2.08. The Morgan fingerprint density at radius 2 is 2.08 bits per heavy atom. The lowest BCUT2D eigenvalue weighted by Gasteiger charge is -2.27. The molecule has 0 amide bonds. The highest BCUT2D eigenvalue weighted by Gasteiger charge is 2.10. The van der Waals surface area contributed by atoms with Crippen LogP contribution >= 0.6 is 0 Å². The normalized spacial score (nSPS) is 17.8. The molecule has 1 fully saturated rings. The molecule has 0 spiro atoms. The molecule has 0 saturated carbocycles. The molecule has 1 aromatic rings. The first kappa shape index (κ1) is 7.53. The van der Waals surface area contributed by atoms with E-state index in [9.17, 15) is 0 Å². The maximum Gasteiger partial charge on any atom is 0.131 e. The zero-order chi connectivity index (χ0) is 8.23. The molecule has 0 aliphatic carbocycles. The molecule has 1 aromatic heterocycles. The second kappa shape index (κ2) is 3.52. The van der Waals surface area contributed by atoms with Crippen LogP contribution in [0.4, 0.5) is 5.82 Å². The highest BCUT2D eigenvalue weighted by atomic mass is 15.2. The molecule has 3 heteroatoms. The topological polar surface area (TPSA) is 29.0 Å². The molecule has 12 heavy (non-hydrogen) atoms. The summed E-state index contributed by atoms with van der Waals surface area (Å²) in [5, 5.41) is 0. The van der Waals surface area contributed by atoms with Crippen molar-refractivity contribution in [2.75, 3.05) is 18.0 Å². The first-order valence-electron chi connectivity index (χ1n) is 4.29. The minimum Gasteiger partial charge on any atom is -0.357 e. The minimum atomic E-state index is 1.05. The van der Waals surface area contributed by atoms with Gasteiger partial charge in [0.15, 0.2) is 0 Å². The van der Waals surface area contributed by atoms with E-state index in [-0.39, 0.29) is 0 Å². The van der Waals surface area contributed by atoms with Gasteiger partial charge in [-0.05, 0) is 25.3 Å². The predicted octanol–water partition coefficient (Wildman–Crippen LogP) is 1.28. The molecule has 1 aliphatic rings. The first-order valence-corrected chi connectivity index (χ1v) is 4.29. The Morgan fingerprint density at radius 3 is 2.75 bits per heavy atom. The third-order valence-electron chi connectivity index (χ3n) is 2.10. The summed E-state index contributed by atoms with van der Waals surface area (Å²) in [4.78, 5) is 10.4. The van der Waals surface area contributed by atoms with Crippen molar-refractivity contribution in [1.82, 2.24) is 9.97 Å². The molecular weight excluding hydrogens is 150 g/mol. The fourth-order valence-electron chi connectivity index (χ4n) is 1.45.